The van der Waals surface area contributed by atoms with E-state index in [9.17, 15) is 17.6 Å². The molecule has 1 aliphatic heterocycles. The van der Waals surface area contributed by atoms with E-state index in [1.165, 1.54) is 25.3 Å². The molecule has 0 radical (unpaired) electrons. The second-order valence-corrected chi connectivity index (χ2v) is 9.57. The van der Waals surface area contributed by atoms with E-state index in [0.29, 0.717) is 44.8 Å². The molecule has 1 aliphatic rings. The van der Waals surface area contributed by atoms with Crippen LogP contribution in [-0.4, -0.2) is 51.7 Å². The predicted octanol–water partition coefficient (Wildman–Crippen LogP) is 2.64. The third-order valence-electron chi connectivity index (χ3n) is 5.41. The Bertz CT molecular complexity index is 955. The second-order valence-electron chi connectivity index (χ2n) is 7.46. The van der Waals surface area contributed by atoms with Crippen LogP contribution in [0.1, 0.15) is 18.4 Å². The van der Waals surface area contributed by atoms with Crippen LogP contribution in [0.15, 0.2) is 53.4 Å². The van der Waals surface area contributed by atoms with Gasteiger partial charge in [0, 0.05) is 19.0 Å². The van der Waals surface area contributed by atoms with Crippen LogP contribution in [0, 0.1) is 11.7 Å². The van der Waals surface area contributed by atoms with Crippen LogP contribution >= 0.6 is 0 Å². The van der Waals surface area contributed by atoms with Gasteiger partial charge in [0.05, 0.1) is 17.8 Å². The lowest BCUT2D eigenvalue weighted by molar-refractivity contribution is -0.126. The van der Waals surface area contributed by atoms with Crippen molar-refractivity contribution in [3.05, 3.63) is 59.9 Å². The van der Waals surface area contributed by atoms with Crippen LogP contribution < -0.4 is 10.1 Å². The maximum absolute atomic E-state index is 12.9. The maximum atomic E-state index is 12.9. The Morgan fingerprint density at radius 2 is 1.87 bits per heavy atom. The first-order valence-corrected chi connectivity index (χ1v) is 11.6. The average molecular weight is 435 g/mol. The van der Waals surface area contributed by atoms with Crippen molar-refractivity contribution in [1.29, 1.82) is 0 Å². The van der Waals surface area contributed by atoms with E-state index in [0.717, 1.165) is 5.56 Å². The van der Waals surface area contributed by atoms with Crippen molar-refractivity contribution >= 4 is 15.7 Å². The molecular weight excluding hydrogens is 407 g/mol. The Morgan fingerprint density at radius 1 is 1.17 bits per heavy atom. The summed E-state index contributed by atoms with van der Waals surface area (Å²) < 4.78 is 43.2. The zero-order chi connectivity index (χ0) is 21.6. The molecule has 0 atom stereocenters. The molecule has 162 valence electrons. The topological polar surface area (TPSA) is 75.7 Å². The number of ether oxygens (including phenoxy) is 1. The summed E-state index contributed by atoms with van der Waals surface area (Å²) in [6.07, 6.45) is 1.38. The number of sulfone groups is 1. The highest BCUT2D eigenvalue weighted by atomic mass is 32.2. The van der Waals surface area contributed by atoms with Crippen molar-refractivity contribution in [2.45, 2.75) is 24.3 Å². The number of hydrogen-bond acceptors (Lipinski definition) is 5. The number of likely N-dealkylation sites (tertiary alicyclic amines) is 1. The molecule has 1 N–H and O–H groups in total. The molecule has 0 unspecified atom stereocenters. The number of carbonyl (C=O) groups is 1. The van der Waals surface area contributed by atoms with Crippen LogP contribution in [0.25, 0.3) is 0 Å². The summed E-state index contributed by atoms with van der Waals surface area (Å²) in [5.74, 6) is 0.149. The number of hydrogen-bond donors (Lipinski definition) is 1. The van der Waals surface area contributed by atoms with E-state index >= 15 is 0 Å². The molecule has 3 rings (SSSR count). The minimum Gasteiger partial charge on any atom is -0.497 e. The predicted molar refractivity (Wildman–Crippen MR) is 112 cm³/mol. The maximum Gasteiger partial charge on any atom is 0.223 e. The lowest BCUT2D eigenvalue weighted by Gasteiger charge is -2.31. The van der Waals surface area contributed by atoms with E-state index in [4.69, 9.17) is 4.74 Å². The Labute approximate surface area is 177 Å². The van der Waals surface area contributed by atoms with Crippen LogP contribution in [-0.2, 0) is 21.2 Å². The van der Waals surface area contributed by atoms with Gasteiger partial charge in [0.15, 0.2) is 9.84 Å². The molecule has 6 nitrogen and oxygen atoms in total. The van der Waals surface area contributed by atoms with Crippen molar-refractivity contribution in [3.8, 4) is 5.75 Å². The number of methoxy groups -OCH3 is 1. The highest BCUT2D eigenvalue weighted by Gasteiger charge is 2.26. The van der Waals surface area contributed by atoms with Crippen LogP contribution in [0.2, 0.25) is 0 Å². The molecule has 8 heteroatoms. The van der Waals surface area contributed by atoms with Gasteiger partial charge >= 0.3 is 0 Å². The quantitative estimate of drug-likeness (QED) is 0.691. The van der Waals surface area contributed by atoms with Gasteiger partial charge in [0.25, 0.3) is 0 Å². The summed E-state index contributed by atoms with van der Waals surface area (Å²) in [7, 11) is -1.89. The van der Waals surface area contributed by atoms with Gasteiger partial charge in [-0.2, -0.15) is 0 Å². The standard InChI is InChI=1S/C22H27FN2O4S/c1-29-20-3-2-4-21(15-20)30(27,28)14-13-25-11-9-18(10-12-25)22(26)24-16-17-5-7-19(23)8-6-17/h2-8,15,18H,9-14,16H2,1H3,(H,24,26). The smallest absolute Gasteiger partial charge is 0.223 e. The van der Waals surface area contributed by atoms with E-state index in [1.54, 1.807) is 30.3 Å². The van der Waals surface area contributed by atoms with Crippen molar-refractivity contribution in [2.24, 2.45) is 5.92 Å². The van der Waals surface area contributed by atoms with E-state index < -0.39 is 9.84 Å². The number of amides is 1. The molecule has 2 aromatic rings. The van der Waals surface area contributed by atoms with Crippen molar-refractivity contribution in [3.63, 3.8) is 0 Å². The van der Waals surface area contributed by atoms with Gasteiger partial charge in [-0.05, 0) is 61.8 Å². The summed E-state index contributed by atoms with van der Waals surface area (Å²) in [5.41, 5.74) is 0.852. The average Bonchev–Trinajstić information content (AvgIpc) is 2.77. The first-order valence-electron chi connectivity index (χ1n) is 9.99. The summed E-state index contributed by atoms with van der Waals surface area (Å²) in [4.78, 5) is 14.7. The van der Waals surface area contributed by atoms with E-state index in [2.05, 4.69) is 10.2 Å². The number of benzene rings is 2. The van der Waals surface area contributed by atoms with Crippen molar-refractivity contribution in [1.82, 2.24) is 10.2 Å². The molecule has 0 spiro atoms. The van der Waals surface area contributed by atoms with E-state index in [1.807, 2.05) is 0 Å². The molecule has 1 saturated heterocycles. The third-order valence-corrected chi connectivity index (χ3v) is 7.11. The fraction of sp³-hybridized carbons (Fsp3) is 0.409. The molecule has 0 bridgehead atoms. The van der Waals surface area contributed by atoms with Gasteiger partial charge in [-0.15, -0.1) is 0 Å². The number of carbonyl (C=O) groups excluding carboxylic acids is 1. The molecule has 0 saturated carbocycles. The molecule has 30 heavy (non-hydrogen) atoms. The Kier molecular flexibility index (Phi) is 7.44. The van der Waals surface area contributed by atoms with Crippen molar-refractivity contribution < 1.29 is 22.3 Å². The highest BCUT2D eigenvalue weighted by molar-refractivity contribution is 7.91. The van der Waals surface area contributed by atoms with Crippen molar-refractivity contribution in [2.75, 3.05) is 32.5 Å². The number of nitrogens with one attached hydrogen (secondary N) is 1. The third kappa shape index (κ3) is 6.03. The molecule has 1 amide bonds. The summed E-state index contributed by atoms with van der Waals surface area (Å²) in [5, 5.41) is 2.90. The van der Waals surface area contributed by atoms with Crippen LogP contribution in [0.3, 0.4) is 0 Å². The summed E-state index contributed by atoms with van der Waals surface area (Å²) in [6, 6.07) is 12.6. The number of nitrogens with zero attached hydrogens (tertiary/aromatic N) is 1. The zero-order valence-electron chi connectivity index (χ0n) is 17.0. The molecular formula is C22H27FN2O4S. The minimum atomic E-state index is -3.39. The molecule has 2 aromatic carbocycles. The largest absolute Gasteiger partial charge is 0.497 e. The van der Waals surface area contributed by atoms with Gasteiger partial charge < -0.3 is 15.0 Å². The first-order chi connectivity index (χ1) is 14.4. The fourth-order valence-corrected chi connectivity index (χ4v) is 4.83. The number of rotatable bonds is 8. The molecule has 0 aromatic heterocycles. The Morgan fingerprint density at radius 3 is 2.53 bits per heavy atom. The lowest BCUT2D eigenvalue weighted by atomic mass is 9.96. The Hall–Kier alpha value is -2.45. The van der Waals surface area contributed by atoms with Crippen LogP contribution in [0.5, 0.6) is 5.75 Å². The highest BCUT2D eigenvalue weighted by Crippen LogP contribution is 2.20. The second kappa shape index (κ2) is 10.0. The minimum absolute atomic E-state index is 0.0111. The zero-order valence-corrected chi connectivity index (χ0v) is 17.8. The Balaban J connectivity index is 1.43. The lowest BCUT2D eigenvalue weighted by Crippen LogP contribution is -2.41. The fourth-order valence-electron chi connectivity index (χ4n) is 3.52. The number of piperidine rings is 1. The SMILES string of the molecule is COc1cccc(S(=O)(=O)CCN2CCC(C(=O)NCc3ccc(F)cc3)CC2)c1. The monoisotopic (exact) mass is 434 g/mol. The summed E-state index contributed by atoms with van der Waals surface area (Å²) in [6.45, 7) is 2.17. The first kappa shape index (κ1) is 22.2. The molecule has 0 aliphatic carbocycles. The summed E-state index contributed by atoms with van der Waals surface area (Å²) >= 11 is 0. The van der Waals surface area contributed by atoms with Gasteiger partial charge in [-0.3, -0.25) is 4.79 Å². The molecule has 1 fully saturated rings. The van der Waals surface area contributed by atoms with Gasteiger partial charge in [0.2, 0.25) is 5.91 Å². The van der Waals surface area contributed by atoms with Gasteiger partial charge in [-0.25, -0.2) is 12.8 Å². The molecule has 1 heterocycles. The van der Waals surface area contributed by atoms with Crippen LogP contribution in [0.4, 0.5) is 4.39 Å². The van der Waals surface area contributed by atoms with Gasteiger partial charge in [-0.1, -0.05) is 18.2 Å². The van der Waals surface area contributed by atoms with Gasteiger partial charge in [0.1, 0.15) is 11.6 Å². The van der Waals surface area contributed by atoms with E-state index in [-0.39, 0.29) is 28.3 Å². The normalized spacial score (nSPS) is 15.7. The number of halogens is 1.